The van der Waals surface area contributed by atoms with Gasteiger partial charge in [0.25, 0.3) is 0 Å². The van der Waals surface area contributed by atoms with Gasteiger partial charge < -0.3 is 31.3 Å². The van der Waals surface area contributed by atoms with Gasteiger partial charge in [0.15, 0.2) is 0 Å². The number of urea groups is 1. The number of aliphatic carboxylic acids is 3. The summed E-state index contributed by atoms with van der Waals surface area (Å²) in [7, 11) is 0. The van der Waals surface area contributed by atoms with Crippen molar-refractivity contribution in [1.29, 1.82) is 0 Å². The number of carbonyl (C=O) groups excluding carboxylic acids is 2. The molecule has 0 bridgehead atoms. The van der Waals surface area contributed by atoms with Gasteiger partial charge in [0.05, 0.1) is 0 Å². The van der Waals surface area contributed by atoms with Gasteiger partial charge in [-0.2, -0.15) is 0 Å². The Kier molecular flexibility index (Phi) is 10.3. The first-order valence-corrected chi connectivity index (χ1v) is 7.19. The van der Waals surface area contributed by atoms with E-state index in [4.69, 9.17) is 15.3 Å². The third-order valence-corrected chi connectivity index (χ3v) is 3.00. The van der Waals surface area contributed by atoms with Gasteiger partial charge in [-0.25, -0.2) is 14.4 Å². The number of amides is 3. The van der Waals surface area contributed by atoms with Crippen molar-refractivity contribution in [2.75, 3.05) is 6.54 Å². The van der Waals surface area contributed by atoms with Crippen LogP contribution in [0.3, 0.4) is 0 Å². The van der Waals surface area contributed by atoms with Crippen molar-refractivity contribution < 1.29 is 39.3 Å². The number of hydrogen-bond acceptors (Lipinski definition) is 5. The molecule has 0 unspecified atom stereocenters. The molecule has 3 amide bonds. The number of unbranched alkanes of at least 4 members (excludes halogenated alkanes) is 1. The van der Waals surface area contributed by atoms with Crippen LogP contribution in [0.1, 0.15) is 32.1 Å². The highest BCUT2D eigenvalue weighted by molar-refractivity contribution is 5.86. The SMILES string of the molecule is O=CNCCCC[C@H](NC(=O)N[C@@H](CCC(=O)O)C(=O)O)C(=O)O. The van der Waals surface area contributed by atoms with Crippen molar-refractivity contribution in [1.82, 2.24) is 16.0 Å². The maximum Gasteiger partial charge on any atom is 0.326 e. The number of carboxylic acid groups (broad SMARTS) is 3. The van der Waals surface area contributed by atoms with Crippen LogP contribution in [0.2, 0.25) is 0 Å². The van der Waals surface area contributed by atoms with Crippen LogP contribution in [-0.2, 0) is 19.2 Å². The summed E-state index contributed by atoms with van der Waals surface area (Å²) in [4.78, 5) is 54.2. The van der Waals surface area contributed by atoms with Gasteiger partial charge in [0, 0.05) is 13.0 Å². The Balaban J connectivity index is 4.42. The molecule has 6 N–H and O–H groups in total. The molecule has 0 aliphatic rings. The van der Waals surface area contributed by atoms with Crippen LogP contribution < -0.4 is 16.0 Å². The van der Waals surface area contributed by atoms with Crippen molar-refractivity contribution in [3.05, 3.63) is 0 Å². The molecule has 0 saturated carbocycles. The first kappa shape index (κ1) is 21.1. The average Bonchev–Trinajstić information content (AvgIpc) is 2.49. The van der Waals surface area contributed by atoms with E-state index in [0.29, 0.717) is 25.8 Å². The standard InChI is InChI=1S/C13H21N3O8/c17-7-14-6-2-1-3-8(11(20)21)15-13(24)16-9(12(22)23)4-5-10(18)19/h7-9H,1-6H2,(H,14,17)(H,18,19)(H,20,21)(H,22,23)(H2,15,16,24)/t8-,9-/m0/s1. The fourth-order valence-corrected chi connectivity index (χ4v) is 1.78. The van der Waals surface area contributed by atoms with Crippen molar-refractivity contribution in [3.63, 3.8) is 0 Å². The van der Waals surface area contributed by atoms with Crippen molar-refractivity contribution in [3.8, 4) is 0 Å². The van der Waals surface area contributed by atoms with Crippen molar-refractivity contribution >= 4 is 30.3 Å². The molecule has 11 heteroatoms. The first-order valence-electron chi connectivity index (χ1n) is 7.19. The molecule has 0 aliphatic heterocycles. The number of carboxylic acids is 3. The highest BCUT2D eigenvalue weighted by atomic mass is 16.4. The molecule has 0 aromatic carbocycles. The highest BCUT2D eigenvalue weighted by Crippen LogP contribution is 2.02. The molecule has 0 aliphatic carbocycles. The lowest BCUT2D eigenvalue weighted by atomic mass is 10.1. The quantitative estimate of drug-likeness (QED) is 0.180. The molecule has 0 heterocycles. The van der Waals surface area contributed by atoms with E-state index in [1.54, 1.807) is 0 Å². The minimum Gasteiger partial charge on any atom is -0.481 e. The van der Waals surface area contributed by atoms with Crippen LogP contribution in [0.5, 0.6) is 0 Å². The molecule has 2 atom stereocenters. The summed E-state index contributed by atoms with van der Waals surface area (Å²) in [6.07, 6.45) is 0.762. The first-order chi connectivity index (χ1) is 11.3. The Bertz CT molecular complexity index is 468. The lowest BCUT2D eigenvalue weighted by Gasteiger charge is -2.18. The van der Waals surface area contributed by atoms with Crippen LogP contribution in [0, 0.1) is 0 Å². The molecule has 0 saturated heterocycles. The molecule has 0 aromatic rings. The lowest BCUT2D eigenvalue weighted by Crippen LogP contribution is -2.51. The fourth-order valence-electron chi connectivity index (χ4n) is 1.78. The number of hydrogen-bond donors (Lipinski definition) is 6. The van der Waals surface area contributed by atoms with E-state index < -0.39 is 42.4 Å². The number of nitrogens with one attached hydrogen (secondary N) is 3. The van der Waals surface area contributed by atoms with Gasteiger partial charge >= 0.3 is 23.9 Å². The van der Waals surface area contributed by atoms with Gasteiger partial charge in [0.1, 0.15) is 12.1 Å². The van der Waals surface area contributed by atoms with Gasteiger partial charge in [0.2, 0.25) is 6.41 Å². The van der Waals surface area contributed by atoms with Crippen LogP contribution >= 0.6 is 0 Å². The van der Waals surface area contributed by atoms with E-state index in [-0.39, 0.29) is 12.8 Å². The largest absolute Gasteiger partial charge is 0.481 e. The highest BCUT2D eigenvalue weighted by Gasteiger charge is 2.24. The molecular weight excluding hydrogens is 326 g/mol. The van der Waals surface area contributed by atoms with E-state index >= 15 is 0 Å². The van der Waals surface area contributed by atoms with E-state index in [9.17, 15) is 24.0 Å². The van der Waals surface area contributed by atoms with E-state index in [1.807, 2.05) is 5.32 Å². The fraction of sp³-hybridized carbons (Fsp3) is 0.615. The van der Waals surface area contributed by atoms with E-state index in [2.05, 4.69) is 10.6 Å². The lowest BCUT2D eigenvalue weighted by molar-refractivity contribution is -0.140. The van der Waals surface area contributed by atoms with E-state index in [0.717, 1.165) is 0 Å². The molecule has 0 spiro atoms. The second-order valence-electron chi connectivity index (χ2n) is 4.90. The smallest absolute Gasteiger partial charge is 0.326 e. The van der Waals surface area contributed by atoms with E-state index in [1.165, 1.54) is 0 Å². The molecular formula is C13H21N3O8. The minimum atomic E-state index is -1.44. The molecule has 0 fully saturated rings. The summed E-state index contributed by atoms with van der Waals surface area (Å²) >= 11 is 0. The zero-order chi connectivity index (χ0) is 18.5. The molecule has 24 heavy (non-hydrogen) atoms. The zero-order valence-electron chi connectivity index (χ0n) is 12.9. The van der Waals surface area contributed by atoms with Crippen LogP contribution in [0.15, 0.2) is 0 Å². The van der Waals surface area contributed by atoms with Crippen LogP contribution in [0.4, 0.5) is 4.79 Å². The van der Waals surface area contributed by atoms with Gasteiger partial charge in [-0.3, -0.25) is 9.59 Å². The number of carbonyl (C=O) groups is 5. The Morgan fingerprint density at radius 3 is 1.88 bits per heavy atom. The molecule has 0 rings (SSSR count). The maximum absolute atomic E-state index is 11.7. The van der Waals surface area contributed by atoms with Crippen LogP contribution in [-0.4, -0.2) is 64.3 Å². The Morgan fingerprint density at radius 1 is 0.875 bits per heavy atom. The second kappa shape index (κ2) is 11.7. The Labute approximate surface area is 137 Å². The van der Waals surface area contributed by atoms with Gasteiger partial charge in [-0.1, -0.05) is 0 Å². The molecule has 11 nitrogen and oxygen atoms in total. The maximum atomic E-state index is 11.7. The molecule has 0 aromatic heterocycles. The number of rotatable bonds is 13. The second-order valence-corrected chi connectivity index (χ2v) is 4.90. The third-order valence-electron chi connectivity index (χ3n) is 3.00. The topological polar surface area (TPSA) is 182 Å². The normalized spacial score (nSPS) is 12.5. The Morgan fingerprint density at radius 2 is 1.42 bits per heavy atom. The van der Waals surface area contributed by atoms with Crippen molar-refractivity contribution in [2.24, 2.45) is 0 Å². The monoisotopic (exact) mass is 347 g/mol. The average molecular weight is 347 g/mol. The summed E-state index contributed by atoms with van der Waals surface area (Å²) in [6, 6.07) is -3.67. The summed E-state index contributed by atoms with van der Waals surface area (Å²) in [5, 5.41) is 33.1. The summed E-state index contributed by atoms with van der Waals surface area (Å²) in [6.45, 7) is 0.373. The Hall–Kier alpha value is -2.85. The predicted molar refractivity (Wildman–Crippen MR) is 79.3 cm³/mol. The summed E-state index contributed by atoms with van der Waals surface area (Å²) < 4.78 is 0. The van der Waals surface area contributed by atoms with Gasteiger partial charge in [-0.15, -0.1) is 0 Å². The predicted octanol–water partition coefficient (Wildman–Crippen LogP) is -1.03. The zero-order valence-corrected chi connectivity index (χ0v) is 12.9. The summed E-state index contributed by atoms with van der Waals surface area (Å²) in [5.41, 5.74) is 0. The third kappa shape index (κ3) is 9.97. The minimum absolute atomic E-state index is 0.0934. The van der Waals surface area contributed by atoms with Crippen LogP contribution in [0.25, 0.3) is 0 Å². The molecule has 0 radical (unpaired) electrons. The van der Waals surface area contributed by atoms with Gasteiger partial charge in [-0.05, 0) is 25.7 Å². The molecule has 136 valence electrons. The summed E-state index contributed by atoms with van der Waals surface area (Å²) in [5.74, 6) is -3.92. The van der Waals surface area contributed by atoms with Crippen molar-refractivity contribution in [2.45, 2.75) is 44.2 Å².